The van der Waals surface area contributed by atoms with Gasteiger partial charge in [0.2, 0.25) is 11.8 Å². The number of rotatable bonds is 4. The minimum atomic E-state index is -0.326. The summed E-state index contributed by atoms with van der Waals surface area (Å²) in [5.41, 5.74) is 3.55. The number of carbonyl (C=O) groups is 3. The molecule has 2 heterocycles. The molecular formula is C26H26N4O3. The molecule has 7 nitrogen and oxygen atoms in total. The lowest BCUT2D eigenvalue weighted by Gasteiger charge is -2.30. The fourth-order valence-electron chi connectivity index (χ4n) is 4.49. The molecule has 1 aromatic heterocycles. The minimum Gasteiger partial charge on any atom is -0.332 e. The average molecular weight is 443 g/mol. The van der Waals surface area contributed by atoms with E-state index in [1.165, 1.54) is 4.90 Å². The number of anilines is 2. The average Bonchev–Trinajstić information content (AvgIpc) is 3.65. The van der Waals surface area contributed by atoms with Crippen molar-refractivity contribution in [1.82, 2.24) is 9.88 Å². The van der Waals surface area contributed by atoms with E-state index < -0.39 is 0 Å². The number of carbonyl (C=O) groups excluding carboxylic acids is 3. The predicted octanol–water partition coefficient (Wildman–Crippen LogP) is 3.95. The van der Waals surface area contributed by atoms with Crippen molar-refractivity contribution in [3.63, 3.8) is 0 Å². The molecule has 0 radical (unpaired) electrons. The first kappa shape index (κ1) is 21.1. The zero-order chi connectivity index (χ0) is 23.1. The molecule has 0 bridgehead atoms. The van der Waals surface area contributed by atoms with Crippen LogP contribution in [0.2, 0.25) is 0 Å². The Bertz CT molecular complexity index is 1270. The van der Waals surface area contributed by atoms with E-state index in [1.807, 2.05) is 55.5 Å². The Kier molecular flexibility index (Phi) is 5.32. The summed E-state index contributed by atoms with van der Waals surface area (Å²) in [5.74, 6) is -0.171. The van der Waals surface area contributed by atoms with Crippen molar-refractivity contribution in [3.05, 3.63) is 65.9 Å². The maximum atomic E-state index is 13.5. The highest BCUT2D eigenvalue weighted by Gasteiger charge is 2.32. The van der Waals surface area contributed by atoms with E-state index in [0.29, 0.717) is 22.9 Å². The van der Waals surface area contributed by atoms with Crippen molar-refractivity contribution in [2.24, 2.45) is 0 Å². The third-order valence-electron chi connectivity index (χ3n) is 6.31. The standard InChI is InChI=1S/C26H26N4O3/c1-16-13-24(31)28-21-9-5-6-10-23(21)30(16)25(32)15-29(2)26(33)19-14-22(17-11-12-17)27-20-8-4-3-7-18(19)20/h3-10,14,16-17H,11-13,15H2,1-2H3,(H,28,31). The van der Waals surface area contributed by atoms with Gasteiger partial charge in [0.05, 0.1) is 22.5 Å². The van der Waals surface area contributed by atoms with E-state index in [0.717, 1.165) is 29.4 Å². The highest BCUT2D eigenvalue weighted by Crippen LogP contribution is 2.40. The molecular weight excluding hydrogens is 416 g/mol. The van der Waals surface area contributed by atoms with Gasteiger partial charge >= 0.3 is 0 Å². The molecule has 1 aliphatic carbocycles. The lowest BCUT2D eigenvalue weighted by atomic mass is 10.0. The number of para-hydroxylation sites is 3. The van der Waals surface area contributed by atoms with Crippen LogP contribution in [-0.2, 0) is 9.59 Å². The van der Waals surface area contributed by atoms with Crippen LogP contribution in [0.3, 0.4) is 0 Å². The number of nitrogens with zero attached hydrogens (tertiary/aromatic N) is 3. The summed E-state index contributed by atoms with van der Waals surface area (Å²) >= 11 is 0. The Labute approximate surface area is 192 Å². The second kappa shape index (κ2) is 8.31. The van der Waals surface area contributed by atoms with Gasteiger partial charge in [-0.25, -0.2) is 0 Å². The first-order chi connectivity index (χ1) is 15.9. The van der Waals surface area contributed by atoms with Gasteiger partial charge in [-0.2, -0.15) is 0 Å². The van der Waals surface area contributed by atoms with E-state index in [1.54, 1.807) is 18.0 Å². The monoisotopic (exact) mass is 442 g/mol. The number of amides is 3. The molecule has 5 rings (SSSR count). The summed E-state index contributed by atoms with van der Waals surface area (Å²) < 4.78 is 0. The van der Waals surface area contributed by atoms with E-state index in [9.17, 15) is 14.4 Å². The summed E-state index contributed by atoms with van der Waals surface area (Å²) in [6.07, 6.45) is 2.37. The molecule has 0 spiro atoms. The molecule has 3 amide bonds. The fraction of sp³-hybridized carbons (Fsp3) is 0.308. The van der Waals surface area contributed by atoms with Crippen LogP contribution in [0.15, 0.2) is 54.6 Å². The Morgan fingerprint density at radius 2 is 1.85 bits per heavy atom. The molecule has 1 fully saturated rings. The number of pyridine rings is 1. The second-order valence-corrected chi connectivity index (χ2v) is 8.93. The number of benzene rings is 2. The molecule has 3 aromatic rings. The summed E-state index contributed by atoms with van der Waals surface area (Å²) in [5, 5.41) is 3.65. The number of fused-ring (bicyclic) bond motifs is 2. The maximum absolute atomic E-state index is 13.5. The van der Waals surface area contributed by atoms with Crippen LogP contribution in [-0.4, -0.2) is 47.2 Å². The first-order valence-corrected chi connectivity index (χ1v) is 11.3. The van der Waals surface area contributed by atoms with Gasteiger partial charge in [0.1, 0.15) is 6.54 Å². The van der Waals surface area contributed by atoms with Gasteiger partial charge in [0, 0.05) is 36.5 Å². The van der Waals surface area contributed by atoms with Crippen molar-refractivity contribution in [2.45, 2.75) is 38.1 Å². The minimum absolute atomic E-state index is 0.0961. The first-order valence-electron chi connectivity index (χ1n) is 11.3. The number of aromatic nitrogens is 1. The zero-order valence-corrected chi connectivity index (χ0v) is 18.7. The maximum Gasteiger partial charge on any atom is 0.254 e. The molecule has 0 saturated heterocycles. The highest BCUT2D eigenvalue weighted by atomic mass is 16.2. The molecule has 1 saturated carbocycles. The predicted molar refractivity (Wildman–Crippen MR) is 127 cm³/mol. The van der Waals surface area contributed by atoms with Crippen LogP contribution in [0.4, 0.5) is 11.4 Å². The summed E-state index contributed by atoms with van der Waals surface area (Å²) in [4.78, 5) is 46.9. The Morgan fingerprint density at radius 3 is 2.64 bits per heavy atom. The van der Waals surface area contributed by atoms with Crippen LogP contribution in [0.5, 0.6) is 0 Å². The van der Waals surface area contributed by atoms with Crippen molar-refractivity contribution >= 4 is 40.0 Å². The van der Waals surface area contributed by atoms with Crippen molar-refractivity contribution in [3.8, 4) is 0 Å². The normalized spacial score (nSPS) is 17.8. The van der Waals surface area contributed by atoms with Crippen LogP contribution in [0.1, 0.15) is 48.2 Å². The van der Waals surface area contributed by atoms with E-state index in [2.05, 4.69) is 5.32 Å². The quantitative estimate of drug-likeness (QED) is 0.663. The van der Waals surface area contributed by atoms with E-state index >= 15 is 0 Å². The SMILES string of the molecule is CC1CC(=O)Nc2ccccc2N1C(=O)CN(C)C(=O)c1cc(C2CC2)nc2ccccc12. The van der Waals surface area contributed by atoms with Crippen LogP contribution in [0, 0.1) is 0 Å². The van der Waals surface area contributed by atoms with E-state index in [-0.39, 0.29) is 36.7 Å². The molecule has 2 aliphatic rings. The van der Waals surface area contributed by atoms with Crippen LogP contribution < -0.4 is 10.2 Å². The van der Waals surface area contributed by atoms with Gasteiger partial charge in [-0.3, -0.25) is 19.4 Å². The molecule has 1 N–H and O–H groups in total. The lowest BCUT2D eigenvalue weighted by Crippen LogP contribution is -2.45. The third kappa shape index (κ3) is 4.06. The topological polar surface area (TPSA) is 82.6 Å². The fourth-order valence-corrected chi connectivity index (χ4v) is 4.49. The third-order valence-corrected chi connectivity index (χ3v) is 6.31. The van der Waals surface area contributed by atoms with E-state index in [4.69, 9.17) is 4.98 Å². The van der Waals surface area contributed by atoms with Crippen molar-refractivity contribution < 1.29 is 14.4 Å². The Morgan fingerprint density at radius 1 is 1.12 bits per heavy atom. The number of hydrogen-bond acceptors (Lipinski definition) is 4. The summed E-state index contributed by atoms with van der Waals surface area (Å²) in [6, 6.07) is 16.4. The summed E-state index contributed by atoms with van der Waals surface area (Å²) in [6.45, 7) is 1.75. The van der Waals surface area contributed by atoms with Crippen LogP contribution >= 0.6 is 0 Å². The van der Waals surface area contributed by atoms with Crippen molar-refractivity contribution in [2.75, 3.05) is 23.8 Å². The smallest absolute Gasteiger partial charge is 0.254 e. The molecule has 1 aliphatic heterocycles. The molecule has 168 valence electrons. The lowest BCUT2D eigenvalue weighted by molar-refractivity contribution is -0.119. The molecule has 2 aromatic carbocycles. The number of likely N-dealkylation sites (N-methyl/N-ethyl adjacent to an activating group) is 1. The van der Waals surface area contributed by atoms with Gasteiger partial charge in [0.25, 0.3) is 5.91 Å². The Balaban J connectivity index is 1.43. The highest BCUT2D eigenvalue weighted by molar-refractivity contribution is 6.09. The number of nitrogens with one attached hydrogen (secondary N) is 1. The van der Waals surface area contributed by atoms with Gasteiger partial charge in [-0.05, 0) is 44.0 Å². The number of hydrogen-bond donors (Lipinski definition) is 1. The largest absolute Gasteiger partial charge is 0.332 e. The Hall–Kier alpha value is -3.74. The van der Waals surface area contributed by atoms with Gasteiger partial charge in [-0.1, -0.05) is 30.3 Å². The van der Waals surface area contributed by atoms with Gasteiger partial charge < -0.3 is 15.1 Å². The molecule has 33 heavy (non-hydrogen) atoms. The zero-order valence-electron chi connectivity index (χ0n) is 18.7. The van der Waals surface area contributed by atoms with Gasteiger partial charge in [0.15, 0.2) is 0 Å². The summed E-state index contributed by atoms with van der Waals surface area (Å²) in [7, 11) is 1.64. The molecule has 7 heteroatoms. The van der Waals surface area contributed by atoms with Crippen LogP contribution in [0.25, 0.3) is 10.9 Å². The second-order valence-electron chi connectivity index (χ2n) is 8.93. The molecule has 1 atom stereocenters. The van der Waals surface area contributed by atoms with Gasteiger partial charge in [-0.15, -0.1) is 0 Å². The molecule has 1 unspecified atom stereocenters. The van der Waals surface area contributed by atoms with Crippen molar-refractivity contribution in [1.29, 1.82) is 0 Å².